The molecule has 1 unspecified atom stereocenters. The van der Waals surface area contributed by atoms with Crippen LogP contribution in [0, 0.1) is 0 Å². The van der Waals surface area contributed by atoms with Crippen molar-refractivity contribution in [2.45, 2.75) is 25.4 Å². The molecule has 2 aliphatic rings. The van der Waals surface area contributed by atoms with Gasteiger partial charge in [-0.2, -0.15) is 0 Å². The summed E-state index contributed by atoms with van der Waals surface area (Å²) in [5, 5.41) is 2.39. The highest BCUT2D eigenvalue weighted by Gasteiger charge is 2.25. The molecular formula is C14H22N4O2S. The van der Waals surface area contributed by atoms with E-state index >= 15 is 0 Å². The molecule has 0 saturated carbocycles. The Bertz CT molecular complexity index is 479. The minimum absolute atomic E-state index is 0.150. The van der Waals surface area contributed by atoms with E-state index in [1.54, 1.807) is 0 Å². The van der Waals surface area contributed by atoms with E-state index in [9.17, 15) is 4.79 Å². The number of thiazole rings is 1. The second kappa shape index (κ2) is 6.72. The lowest BCUT2D eigenvalue weighted by Crippen LogP contribution is -2.50. The number of rotatable bonds is 4. The molecule has 0 bridgehead atoms. The van der Waals surface area contributed by atoms with Gasteiger partial charge in [-0.05, 0) is 12.8 Å². The number of nitrogen functional groups attached to an aromatic ring is 1. The van der Waals surface area contributed by atoms with Crippen molar-refractivity contribution in [3.63, 3.8) is 0 Å². The standard InChI is InChI=1S/C14H22N4O2S/c15-14-16-11(10-21-14)8-13(19)18-5-3-17(4-6-18)9-12-2-1-7-20-12/h10,12H,1-9H2,(H2,15,16). The van der Waals surface area contributed by atoms with Crippen molar-refractivity contribution in [3.05, 3.63) is 11.1 Å². The molecule has 3 rings (SSSR count). The van der Waals surface area contributed by atoms with Crippen LogP contribution in [0.25, 0.3) is 0 Å². The monoisotopic (exact) mass is 310 g/mol. The molecule has 2 saturated heterocycles. The maximum atomic E-state index is 12.2. The van der Waals surface area contributed by atoms with Crippen LogP contribution in [-0.2, 0) is 16.0 Å². The Morgan fingerprint density at radius 1 is 1.43 bits per heavy atom. The van der Waals surface area contributed by atoms with Gasteiger partial charge in [0.1, 0.15) is 0 Å². The second-order valence-electron chi connectivity index (χ2n) is 5.67. The molecule has 2 fully saturated rings. The third-order valence-corrected chi connectivity index (χ3v) is 4.84. The lowest BCUT2D eigenvalue weighted by molar-refractivity contribution is -0.132. The second-order valence-corrected chi connectivity index (χ2v) is 6.56. The Hall–Kier alpha value is -1.18. The first-order valence-electron chi connectivity index (χ1n) is 7.52. The summed E-state index contributed by atoms with van der Waals surface area (Å²) in [6, 6.07) is 0. The van der Waals surface area contributed by atoms with E-state index in [-0.39, 0.29) is 5.91 Å². The summed E-state index contributed by atoms with van der Waals surface area (Å²) in [4.78, 5) is 20.7. The van der Waals surface area contributed by atoms with Gasteiger partial charge in [0.05, 0.1) is 18.2 Å². The van der Waals surface area contributed by atoms with E-state index in [2.05, 4.69) is 9.88 Å². The quantitative estimate of drug-likeness (QED) is 0.881. The van der Waals surface area contributed by atoms with Gasteiger partial charge in [-0.25, -0.2) is 4.98 Å². The average Bonchev–Trinajstić information content (AvgIpc) is 3.12. The Morgan fingerprint density at radius 2 is 2.24 bits per heavy atom. The van der Waals surface area contributed by atoms with Gasteiger partial charge in [-0.1, -0.05) is 0 Å². The van der Waals surface area contributed by atoms with Crippen LogP contribution in [0.3, 0.4) is 0 Å². The number of carbonyl (C=O) groups is 1. The molecule has 3 heterocycles. The van der Waals surface area contributed by atoms with Crippen molar-refractivity contribution in [2.24, 2.45) is 0 Å². The fraction of sp³-hybridized carbons (Fsp3) is 0.714. The topological polar surface area (TPSA) is 71.7 Å². The minimum Gasteiger partial charge on any atom is -0.377 e. The highest BCUT2D eigenvalue weighted by atomic mass is 32.1. The summed E-state index contributed by atoms with van der Waals surface area (Å²) in [6.07, 6.45) is 3.11. The van der Waals surface area contributed by atoms with E-state index in [0.29, 0.717) is 17.7 Å². The Balaban J connectivity index is 1.43. The third kappa shape index (κ3) is 3.93. The van der Waals surface area contributed by atoms with Crippen LogP contribution < -0.4 is 5.73 Å². The number of amides is 1. The van der Waals surface area contributed by atoms with Crippen LogP contribution in [0.2, 0.25) is 0 Å². The first-order valence-corrected chi connectivity index (χ1v) is 8.40. The molecule has 0 aliphatic carbocycles. The molecule has 6 nitrogen and oxygen atoms in total. The van der Waals surface area contributed by atoms with Crippen LogP contribution in [-0.4, -0.2) is 66.1 Å². The summed E-state index contributed by atoms with van der Waals surface area (Å²) in [7, 11) is 0. The summed E-state index contributed by atoms with van der Waals surface area (Å²) >= 11 is 1.38. The highest BCUT2D eigenvalue weighted by molar-refractivity contribution is 7.13. The molecule has 1 aromatic heterocycles. The van der Waals surface area contributed by atoms with Crippen molar-refractivity contribution < 1.29 is 9.53 Å². The van der Waals surface area contributed by atoms with Gasteiger partial charge in [-0.15, -0.1) is 11.3 Å². The predicted molar refractivity (Wildman–Crippen MR) is 82.2 cm³/mol. The number of hydrogen-bond donors (Lipinski definition) is 1. The molecular weight excluding hydrogens is 288 g/mol. The first-order chi connectivity index (χ1) is 10.2. The van der Waals surface area contributed by atoms with Crippen molar-refractivity contribution >= 4 is 22.4 Å². The van der Waals surface area contributed by atoms with Crippen molar-refractivity contribution in [3.8, 4) is 0 Å². The van der Waals surface area contributed by atoms with Gasteiger partial charge in [-0.3, -0.25) is 9.69 Å². The first kappa shape index (κ1) is 14.7. The van der Waals surface area contributed by atoms with Crippen LogP contribution in [0.4, 0.5) is 5.13 Å². The number of carbonyl (C=O) groups excluding carboxylic acids is 1. The lowest BCUT2D eigenvalue weighted by Gasteiger charge is -2.35. The summed E-state index contributed by atoms with van der Waals surface area (Å²) in [5.74, 6) is 0.150. The van der Waals surface area contributed by atoms with Crippen LogP contribution in [0.15, 0.2) is 5.38 Å². The largest absolute Gasteiger partial charge is 0.377 e. The number of aromatic nitrogens is 1. The maximum Gasteiger partial charge on any atom is 0.228 e. The minimum atomic E-state index is 0.150. The molecule has 1 atom stereocenters. The van der Waals surface area contributed by atoms with Crippen molar-refractivity contribution in [2.75, 3.05) is 45.1 Å². The SMILES string of the molecule is Nc1nc(CC(=O)N2CCN(CC3CCCO3)CC2)cs1. The molecule has 1 aromatic rings. The smallest absolute Gasteiger partial charge is 0.228 e. The fourth-order valence-corrected chi connectivity index (χ4v) is 3.49. The summed E-state index contributed by atoms with van der Waals surface area (Å²) in [5.41, 5.74) is 6.37. The van der Waals surface area contributed by atoms with Crippen molar-refractivity contribution in [1.82, 2.24) is 14.8 Å². The lowest BCUT2D eigenvalue weighted by atomic mass is 10.2. The maximum absolute atomic E-state index is 12.2. The Kier molecular flexibility index (Phi) is 4.72. The van der Waals surface area contributed by atoms with E-state index in [1.165, 1.54) is 24.2 Å². The zero-order valence-electron chi connectivity index (χ0n) is 12.2. The van der Waals surface area contributed by atoms with Crippen LogP contribution >= 0.6 is 11.3 Å². The van der Waals surface area contributed by atoms with Gasteiger partial charge in [0.15, 0.2) is 5.13 Å². The van der Waals surface area contributed by atoms with Gasteiger partial charge in [0, 0.05) is 44.7 Å². The molecule has 0 radical (unpaired) electrons. The number of nitrogens with two attached hydrogens (primary N) is 1. The molecule has 0 spiro atoms. The number of ether oxygens (including phenoxy) is 1. The average molecular weight is 310 g/mol. The number of hydrogen-bond acceptors (Lipinski definition) is 6. The molecule has 2 aliphatic heterocycles. The van der Waals surface area contributed by atoms with Crippen molar-refractivity contribution in [1.29, 1.82) is 0 Å². The third-order valence-electron chi connectivity index (χ3n) is 4.11. The summed E-state index contributed by atoms with van der Waals surface area (Å²) < 4.78 is 5.67. The zero-order valence-corrected chi connectivity index (χ0v) is 13.0. The van der Waals surface area contributed by atoms with Gasteiger partial charge < -0.3 is 15.4 Å². The zero-order chi connectivity index (χ0) is 14.7. The number of piperazine rings is 1. The molecule has 7 heteroatoms. The van der Waals surface area contributed by atoms with Gasteiger partial charge in [0.25, 0.3) is 0 Å². The summed E-state index contributed by atoms with van der Waals surface area (Å²) in [6.45, 7) is 5.37. The number of nitrogens with zero attached hydrogens (tertiary/aromatic N) is 3. The Morgan fingerprint density at radius 3 is 2.86 bits per heavy atom. The predicted octanol–water partition coefficient (Wildman–Crippen LogP) is 0.591. The fourth-order valence-electron chi connectivity index (χ4n) is 2.93. The molecule has 116 valence electrons. The molecule has 0 aromatic carbocycles. The van der Waals surface area contributed by atoms with E-state index in [4.69, 9.17) is 10.5 Å². The van der Waals surface area contributed by atoms with E-state index in [1.807, 2.05) is 10.3 Å². The molecule has 2 N–H and O–H groups in total. The Labute approximate surface area is 128 Å². The van der Waals surface area contributed by atoms with Gasteiger partial charge >= 0.3 is 0 Å². The van der Waals surface area contributed by atoms with Gasteiger partial charge in [0.2, 0.25) is 5.91 Å². The normalized spacial score (nSPS) is 23.6. The highest BCUT2D eigenvalue weighted by Crippen LogP contribution is 2.16. The van der Waals surface area contributed by atoms with Crippen LogP contribution in [0.1, 0.15) is 18.5 Å². The van der Waals surface area contributed by atoms with Crippen LogP contribution in [0.5, 0.6) is 0 Å². The van der Waals surface area contributed by atoms with E-state index in [0.717, 1.165) is 45.0 Å². The number of anilines is 1. The van der Waals surface area contributed by atoms with E-state index < -0.39 is 0 Å². The molecule has 21 heavy (non-hydrogen) atoms. The molecule has 1 amide bonds.